The van der Waals surface area contributed by atoms with E-state index >= 15 is 0 Å². The summed E-state index contributed by atoms with van der Waals surface area (Å²) >= 11 is 6.01. The molecule has 6 nitrogen and oxygen atoms in total. The third kappa shape index (κ3) is 3.90. The van der Waals surface area contributed by atoms with Gasteiger partial charge in [-0.1, -0.05) is 41.9 Å². The number of hydrogen-bond acceptors (Lipinski definition) is 4. The maximum atomic E-state index is 12.5. The zero-order chi connectivity index (χ0) is 19.4. The molecule has 0 spiro atoms. The molecule has 0 saturated carbocycles. The maximum absolute atomic E-state index is 12.5. The number of pyridine rings is 1. The second-order valence-corrected chi connectivity index (χ2v) is 6.40. The Morgan fingerprint density at radius 3 is 2.67 bits per heavy atom. The fraction of sp³-hybridized carbons (Fsp3) is 0.200. The minimum Gasteiger partial charge on any atom is -0.502 e. The number of nitrogens with one attached hydrogen (secondary N) is 1. The van der Waals surface area contributed by atoms with Crippen molar-refractivity contribution in [2.45, 2.75) is 6.42 Å². The van der Waals surface area contributed by atoms with E-state index in [0.717, 1.165) is 0 Å². The monoisotopic (exact) mass is 386 g/mol. The van der Waals surface area contributed by atoms with Crippen LogP contribution in [-0.2, 0) is 7.05 Å². The Kier molecular flexibility index (Phi) is 5.66. The lowest BCUT2D eigenvalue weighted by Gasteiger charge is -2.13. The summed E-state index contributed by atoms with van der Waals surface area (Å²) in [6, 6.07) is 14.1. The van der Waals surface area contributed by atoms with Crippen LogP contribution in [0.25, 0.3) is 10.9 Å². The molecule has 0 unspecified atom stereocenters. The third-order valence-electron chi connectivity index (χ3n) is 4.21. The lowest BCUT2D eigenvalue weighted by atomic mass is 10.1. The molecule has 1 heterocycles. The highest BCUT2D eigenvalue weighted by Crippen LogP contribution is 2.24. The van der Waals surface area contributed by atoms with Gasteiger partial charge in [-0.15, -0.1) is 0 Å². The summed E-state index contributed by atoms with van der Waals surface area (Å²) in [5.41, 5.74) is -0.0471. The van der Waals surface area contributed by atoms with Crippen LogP contribution in [0.5, 0.6) is 11.5 Å². The van der Waals surface area contributed by atoms with Crippen molar-refractivity contribution in [2.75, 3.05) is 13.2 Å². The molecule has 3 rings (SSSR count). The van der Waals surface area contributed by atoms with Crippen molar-refractivity contribution in [3.8, 4) is 11.5 Å². The predicted molar refractivity (Wildman–Crippen MR) is 105 cm³/mol. The first kappa shape index (κ1) is 18.8. The molecule has 27 heavy (non-hydrogen) atoms. The number of carbonyl (C=O) groups is 1. The zero-order valence-electron chi connectivity index (χ0n) is 14.7. The number of aryl methyl sites for hydroxylation is 1. The number of ether oxygens (including phenoxy) is 1. The molecule has 0 bridgehead atoms. The molecule has 2 aromatic carbocycles. The summed E-state index contributed by atoms with van der Waals surface area (Å²) in [6.07, 6.45) is 0.542. The fourth-order valence-electron chi connectivity index (χ4n) is 2.82. The van der Waals surface area contributed by atoms with Gasteiger partial charge in [0, 0.05) is 19.0 Å². The van der Waals surface area contributed by atoms with Crippen LogP contribution in [0, 0.1) is 0 Å². The van der Waals surface area contributed by atoms with E-state index in [1.807, 2.05) is 12.1 Å². The molecule has 0 fully saturated rings. The number of aromatic nitrogens is 1. The highest BCUT2D eigenvalue weighted by Gasteiger charge is 2.20. The number of halogens is 1. The number of amides is 1. The van der Waals surface area contributed by atoms with Crippen molar-refractivity contribution in [1.82, 2.24) is 9.88 Å². The number of aromatic hydroxyl groups is 1. The average molecular weight is 387 g/mol. The first-order chi connectivity index (χ1) is 13.0. The summed E-state index contributed by atoms with van der Waals surface area (Å²) < 4.78 is 6.89. The maximum Gasteiger partial charge on any atom is 0.293 e. The lowest BCUT2D eigenvalue weighted by molar-refractivity contribution is 0.0950. The molecule has 0 saturated heterocycles. The summed E-state index contributed by atoms with van der Waals surface area (Å²) in [7, 11) is 1.55. The van der Waals surface area contributed by atoms with E-state index in [4.69, 9.17) is 16.3 Å². The van der Waals surface area contributed by atoms with Gasteiger partial charge in [0.05, 0.1) is 22.7 Å². The molecular weight excluding hydrogens is 368 g/mol. The molecule has 0 radical (unpaired) electrons. The second kappa shape index (κ2) is 8.14. The van der Waals surface area contributed by atoms with E-state index < -0.39 is 17.2 Å². The first-order valence-corrected chi connectivity index (χ1v) is 8.84. The number of nitrogens with zero attached hydrogens (tertiary/aromatic N) is 1. The Hall–Kier alpha value is -2.99. The van der Waals surface area contributed by atoms with Gasteiger partial charge in [-0.05, 0) is 24.6 Å². The van der Waals surface area contributed by atoms with Crippen LogP contribution in [0.3, 0.4) is 0 Å². The minimum absolute atomic E-state index is 0.0132. The Morgan fingerprint density at radius 1 is 1.19 bits per heavy atom. The van der Waals surface area contributed by atoms with Gasteiger partial charge in [0.1, 0.15) is 5.75 Å². The Labute approximate surface area is 161 Å². The van der Waals surface area contributed by atoms with Crippen molar-refractivity contribution in [2.24, 2.45) is 7.05 Å². The van der Waals surface area contributed by atoms with Crippen LogP contribution in [0.15, 0.2) is 53.3 Å². The highest BCUT2D eigenvalue weighted by molar-refractivity contribution is 6.32. The first-order valence-electron chi connectivity index (χ1n) is 8.47. The van der Waals surface area contributed by atoms with Crippen LogP contribution < -0.4 is 15.6 Å². The van der Waals surface area contributed by atoms with Gasteiger partial charge in [0.15, 0.2) is 5.75 Å². The quantitative estimate of drug-likeness (QED) is 0.638. The number of hydrogen-bond donors (Lipinski definition) is 2. The van der Waals surface area contributed by atoms with Gasteiger partial charge in [-0.3, -0.25) is 9.59 Å². The van der Waals surface area contributed by atoms with E-state index in [0.29, 0.717) is 41.2 Å². The Bertz CT molecular complexity index is 1050. The smallest absolute Gasteiger partial charge is 0.293 e. The molecule has 1 aromatic heterocycles. The van der Waals surface area contributed by atoms with Crippen LogP contribution in [0.4, 0.5) is 0 Å². The highest BCUT2D eigenvalue weighted by atomic mass is 35.5. The van der Waals surface area contributed by atoms with Crippen molar-refractivity contribution in [3.63, 3.8) is 0 Å². The Balaban J connectivity index is 1.67. The molecule has 2 N–H and O–H groups in total. The van der Waals surface area contributed by atoms with Gasteiger partial charge in [0.2, 0.25) is 0 Å². The molecule has 1 amide bonds. The summed E-state index contributed by atoms with van der Waals surface area (Å²) in [6.45, 7) is 0.694. The van der Waals surface area contributed by atoms with Gasteiger partial charge in [0.25, 0.3) is 11.5 Å². The van der Waals surface area contributed by atoms with Crippen molar-refractivity contribution in [1.29, 1.82) is 0 Å². The van der Waals surface area contributed by atoms with Crippen LogP contribution in [0.2, 0.25) is 5.02 Å². The van der Waals surface area contributed by atoms with Crippen molar-refractivity contribution >= 4 is 28.4 Å². The number of benzene rings is 2. The van der Waals surface area contributed by atoms with E-state index in [1.165, 1.54) is 4.57 Å². The normalized spacial score (nSPS) is 10.7. The standard InChI is InChI=1S/C20H19ClN2O4/c1-23-15-9-4-2-7-13(15)17(18(24)20(23)26)19(25)22-11-6-12-27-16-10-5-3-8-14(16)21/h2-5,7-10,24H,6,11-12H2,1H3,(H,22,25). The molecule has 7 heteroatoms. The van der Waals surface area contributed by atoms with Crippen molar-refractivity contribution < 1.29 is 14.6 Å². The molecule has 0 aliphatic heterocycles. The van der Waals surface area contributed by atoms with Gasteiger partial charge < -0.3 is 19.7 Å². The molecule has 140 valence electrons. The minimum atomic E-state index is -0.610. The van der Waals surface area contributed by atoms with Gasteiger partial charge >= 0.3 is 0 Å². The van der Waals surface area contributed by atoms with E-state index in [1.54, 1.807) is 43.4 Å². The fourth-order valence-corrected chi connectivity index (χ4v) is 3.01. The van der Waals surface area contributed by atoms with Crippen LogP contribution in [0.1, 0.15) is 16.8 Å². The van der Waals surface area contributed by atoms with Crippen LogP contribution in [-0.4, -0.2) is 28.7 Å². The predicted octanol–water partition coefficient (Wildman–Crippen LogP) is 3.10. The van der Waals surface area contributed by atoms with Gasteiger partial charge in [-0.25, -0.2) is 0 Å². The summed E-state index contributed by atoms with van der Waals surface area (Å²) in [4.78, 5) is 24.7. The topological polar surface area (TPSA) is 80.6 Å². The summed E-state index contributed by atoms with van der Waals surface area (Å²) in [5, 5.41) is 14.0. The zero-order valence-corrected chi connectivity index (χ0v) is 15.5. The van der Waals surface area contributed by atoms with Crippen LogP contribution >= 0.6 is 11.6 Å². The third-order valence-corrected chi connectivity index (χ3v) is 4.52. The number of fused-ring (bicyclic) bond motifs is 1. The SMILES string of the molecule is Cn1c(=O)c(O)c(C(=O)NCCCOc2ccccc2Cl)c2ccccc21. The average Bonchev–Trinajstić information content (AvgIpc) is 2.67. The largest absolute Gasteiger partial charge is 0.502 e. The Morgan fingerprint density at radius 2 is 1.89 bits per heavy atom. The second-order valence-electron chi connectivity index (χ2n) is 5.99. The van der Waals surface area contributed by atoms with E-state index in [2.05, 4.69) is 5.32 Å². The lowest BCUT2D eigenvalue weighted by Crippen LogP contribution is -2.28. The van der Waals surface area contributed by atoms with Crippen molar-refractivity contribution in [3.05, 3.63) is 69.5 Å². The number of rotatable bonds is 6. The molecule has 0 aliphatic carbocycles. The molecule has 0 aliphatic rings. The number of carbonyl (C=O) groups excluding carboxylic acids is 1. The molecule has 0 atom stereocenters. The number of para-hydroxylation sites is 2. The summed E-state index contributed by atoms with van der Waals surface area (Å²) in [5.74, 6) is -0.471. The molecule has 3 aromatic rings. The molecular formula is C20H19ClN2O4. The van der Waals surface area contributed by atoms with E-state index in [-0.39, 0.29) is 5.56 Å². The van der Waals surface area contributed by atoms with E-state index in [9.17, 15) is 14.7 Å². The van der Waals surface area contributed by atoms with Gasteiger partial charge in [-0.2, -0.15) is 0 Å².